The van der Waals surface area contributed by atoms with Crippen LogP contribution in [-0.4, -0.2) is 49.5 Å². The first-order chi connectivity index (χ1) is 14.2. The summed E-state index contributed by atoms with van der Waals surface area (Å²) in [5.74, 6) is -0.385. The molecule has 1 atom stereocenters. The van der Waals surface area contributed by atoms with Crippen molar-refractivity contribution < 1.29 is 22.3 Å². The monoisotopic (exact) mass is 437 g/mol. The topological polar surface area (TPSA) is 97.7 Å². The maximum Gasteiger partial charge on any atom is 0.254 e. The van der Waals surface area contributed by atoms with Crippen LogP contribution >= 0.6 is 0 Å². The molecule has 1 saturated heterocycles. The van der Waals surface area contributed by atoms with Gasteiger partial charge in [-0.1, -0.05) is 6.07 Å². The number of aryl methyl sites for hydroxylation is 1. The number of sulfonamides is 1. The Hall–Kier alpha value is -2.72. The second-order valence-electron chi connectivity index (χ2n) is 7.20. The van der Waals surface area contributed by atoms with Crippen LogP contribution in [0.2, 0.25) is 0 Å². The number of hydrogen-bond acceptors (Lipinski definition) is 5. The highest BCUT2D eigenvalue weighted by atomic mass is 32.2. The van der Waals surface area contributed by atoms with E-state index in [9.17, 15) is 22.4 Å². The van der Waals surface area contributed by atoms with Crippen LogP contribution in [0.1, 0.15) is 18.5 Å². The van der Waals surface area contributed by atoms with Gasteiger partial charge in [-0.15, -0.1) is 0 Å². The number of halogens is 1. The highest BCUT2D eigenvalue weighted by Crippen LogP contribution is 2.19. The van der Waals surface area contributed by atoms with Gasteiger partial charge in [-0.3, -0.25) is 9.59 Å². The summed E-state index contributed by atoms with van der Waals surface area (Å²) in [7, 11) is -2.20. The largest absolute Gasteiger partial charge is 0.488 e. The molecule has 3 rings (SSSR count). The zero-order valence-corrected chi connectivity index (χ0v) is 17.6. The van der Waals surface area contributed by atoms with Crippen molar-refractivity contribution in [1.29, 1.82) is 0 Å². The van der Waals surface area contributed by atoms with Gasteiger partial charge in [0, 0.05) is 44.7 Å². The molecule has 30 heavy (non-hydrogen) atoms. The number of pyridine rings is 1. The van der Waals surface area contributed by atoms with E-state index in [0.29, 0.717) is 25.3 Å². The fourth-order valence-electron chi connectivity index (χ4n) is 3.22. The number of amides is 1. The van der Waals surface area contributed by atoms with E-state index in [1.165, 1.54) is 22.8 Å². The Labute approximate surface area is 174 Å². The first kappa shape index (κ1) is 22.0. The summed E-state index contributed by atoms with van der Waals surface area (Å²) in [4.78, 5) is 25.7. The van der Waals surface area contributed by atoms with Gasteiger partial charge in [0.2, 0.25) is 15.9 Å². The van der Waals surface area contributed by atoms with Gasteiger partial charge in [-0.25, -0.2) is 17.5 Å². The number of carbonyl (C=O) groups excluding carboxylic acids is 1. The number of benzene rings is 1. The maximum atomic E-state index is 13.2. The Morgan fingerprint density at radius 2 is 2.07 bits per heavy atom. The quantitative estimate of drug-likeness (QED) is 0.702. The lowest BCUT2D eigenvalue weighted by Gasteiger charge is -2.18. The van der Waals surface area contributed by atoms with Crippen LogP contribution in [0.25, 0.3) is 0 Å². The maximum absolute atomic E-state index is 13.2. The SMILES string of the molecule is Cc1cc(OC2CCN(C(=O)CCNS(=O)(=O)c3cccc(F)c3)C2)cc(=O)n1C. The fourth-order valence-corrected chi connectivity index (χ4v) is 4.28. The molecular formula is C20H24FN3O5S. The normalized spacial score (nSPS) is 16.6. The summed E-state index contributed by atoms with van der Waals surface area (Å²) >= 11 is 0. The Balaban J connectivity index is 1.50. The molecule has 0 bridgehead atoms. The van der Waals surface area contributed by atoms with Gasteiger partial charge in [0.15, 0.2) is 0 Å². The minimum Gasteiger partial charge on any atom is -0.488 e. The van der Waals surface area contributed by atoms with Gasteiger partial charge in [-0.05, 0) is 31.2 Å². The van der Waals surface area contributed by atoms with E-state index in [4.69, 9.17) is 4.74 Å². The van der Waals surface area contributed by atoms with Gasteiger partial charge < -0.3 is 14.2 Å². The molecule has 1 amide bonds. The number of rotatable bonds is 7. The van der Waals surface area contributed by atoms with Crippen LogP contribution in [0, 0.1) is 12.7 Å². The Bertz CT molecular complexity index is 1100. The third kappa shape index (κ3) is 5.25. The first-order valence-corrected chi connectivity index (χ1v) is 11.0. The second-order valence-corrected chi connectivity index (χ2v) is 8.97. The average molecular weight is 437 g/mol. The summed E-state index contributed by atoms with van der Waals surface area (Å²) < 4.78 is 47.2. The number of likely N-dealkylation sites (tertiary alicyclic amines) is 1. The van der Waals surface area contributed by atoms with Crippen LogP contribution in [-0.2, 0) is 21.9 Å². The van der Waals surface area contributed by atoms with Gasteiger partial charge >= 0.3 is 0 Å². The summed E-state index contributed by atoms with van der Waals surface area (Å²) in [6.45, 7) is 2.57. The molecule has 0 saturated carbocycles. The second kappa shape index (κ2) is 8.97. The molecule has 1 unspecified atom stereocenters. The number of ether oxygens (including phenoxy) is 1. The molecule has 1 fully saturated rings. The minimum absolute atomic E-state index is 0.0216. The molecule has 0 spiro atoms. The van der Waals surface area contributed by atoms with Crippen molar-refractivity contribution in [1.82, 2.24) is 14.2 Å². The lowest BCUT2D eigenvalue weighted by molar-refractivity contribution is -0.130. The Kier molecular flexibility index (Phi) is 6.57. The molecule has 8 nitrogen and oxygen atoms in total. The molecule has 1 N–H and O–H groups in total. The van der Waals surface area contributed by atoms with Crippen molar-refractivity contribution in [2.75, 3.05) is 19.6 Å². The van der Waals surface area contributed by atoms with Gasteiger partial charge in [0.05, 0.1) is 11.4 Å². The number of nitrogens with zero attached hydrogens (tertiary/aromatic N) is 2. The van der Waals surface area contributed by atoms with E-state index in [-0.39, 0.29) is 35.4 Å². The van der Waals surface area contributed by atoms with Crippen LogP contribution in [0.5, 0.6) is 5.75 Å². The van der Waals surface area contributed by atoms with E-state index in [2.05, 4.69) is 4.72 Å². The van der Waals surface area contributed by atoms with E-state index < -0.39 is 15.8 Å². The number of nitrogens with one attached hydrogen (secondary N) is 1. The van der Waals surface area contributed by atoms with Crippen LogP contribution in [0.3, 0.4) is 0 Å². The zero-order valence-electron chi connectivity index (χ0n) is 16.8. The average Bonchev–Trinajstić information content (AvgIpc) is 3.14. The van der Waals surface area contributed by atoms with Crippen LogP contribution in [0.15, 0.2) is 46.1 Å². The lowest BCUT2D eigenvalue weighted by atomic mass is 10.3. The summed E-state index contributed by atoms with van der Waals surface area (Å²) in [6, 6.07) is 7.86. The standard InChI is InChI=1S/C20H24FN3O5S/c1-14-10-17(12-20(26)23(14)2)29-16-7-9-24(13-16)19(25)6-8-22-30(27,28)18-5-3-4-15(21)11-18/h3-5,10-12,16,22H,6-9,13H2,1-2H3. The highest BCUT2D eigenvalue weighted by Gasteiger charge is 2.28. The van der Waals surface area contributed by atoms with Crippen LogP contribution in [0.4, 0.5) is 4.39 Å². The number of carbonyl (C=O) groups is 1. The molecule has 1 aliphatic heterocycles. The van der Waals surface area contributed by atoms with Gasteiger partial charge in [0.25, 0.3) is 5.56 Å². The molecule has 2 heterocycles. The van der Waals surface area contributed by atoms with E-state index in [1.54, 1.807) is 18.0 Å². The van der Waals surface area contributed by atoms with Crippen molar-refractivity contribution in [3.63, 3.8) is 0 Å². The molecule has 0 radical (unpaired) electrons. The molecule has 0 aliphatic carbocycles. The fraction of sp³-hybridized carbons (Fsp3) is 0.400. The smallest absolute Gasteiger partial charge is 0.254 e. The van der Waals surface area contributed by atoms with Crippen LogP contribution < -0.4 is 15.0 Å². The molecule has 162 valence electrons. The molecule has 2 aromatic rings. The lowest BCUT2D eigenvalue weighted by Crippen LogP contribution is -2.34. The third-order valence-electron chi connectivity index (χ3n) is 5.01. The number of aromatic nitrogens is 1. The van der Waals surface area contributed by atoms with E-state index in [1.807, 2.05) is 6.92 Å². The summed E-state index contributed by atoms with van der Waals surface area (Å²) in [5, 5.41) is 0. The summed E-state index contributed by atoms with van der Waals surface area (Å²) in [5.41, 5.74) is 0.607. The first-order valence-electron chi connectivity index (χ1n) is 9.53. The van der Waals surface area contributed by atoms with Gasteiger partial charge in [0.1, 0.15) is 17.7 Å². The number of hydrogen-bond donors (Lipinski definition) is 1. The Morgan fingerprint density at radius 1 is 1.30 bits per heavy atom. The van der Waals surface area contributed by atoms with Crippen molar-refractivity contribution in [3.05, 3.63) is 58.3 Å². The minimum atomic E-state index is -3.88. The van der Waals surface area contributed by atoms with Crippen molar-refractivity contribution in [2.24, 2.45) is 7.05 Å². The zero-order chi connectivity index (χ0) is 21.9. The van der Waals surface area contributed by atoms with E-state index >= 15 is 0 Å². The predicted octanol–water partition coefficient (Wildman–Crippen LogP) is 1.18. The molecular weight excluding hydrogens is 413 g/mol. The van der Waals surface area contributed by atoms with Crippen molar-refractivity contribution >= 4 is 15.9 Å². The third-order valence-corrected chi connectivity index (χ3v) is 6.47. The highest BCUT2D eigenvalue weighted by molar-refractivity contribution is 7.89. The van der Waals surface area contributed by atoms with E-state index in [0.717, 1.165) is 17.8 Å². The Morgan fingerprint density at radius 3 is 2.77 bits per heavy atom. The van der Waals surface area contributed by atoms with Crippen molar-refractivity contribution in [3.8, 4) is 5.75 Å². The van der Waals surface area contributed by atoms with Crippen molar-refractivity contribution in [2.45, 2.75) is 30.8 Å². The molecule has 10 heteroatoms. The molecule has 1 aliphatic rings. The summed E-state index contributed by atoms with van der Waals surface area (Å²) in [6.07, 6.45) is 0.366. The molecule has 1 aromatic heterocycles. The molecule has 1 aromatic carbocycles. The predicted molar refractivity (Wildman–Crippen MR) is 108 cm³/mol. The van der Waals surface area contributed by atoms with Gasteiger partial charge in [-0.2, -0.15) is 0 Å².